The van der Waals surface area contributed by atoms with E-state index in [9.17, 15) is 4.79 Å². The van der Waals surface area contributed by atoms with Crippen LogP contribution in [-0.2, 0) is 9.63 Å². The van der Waals surface area contributed by atoms with Crippen LogP contribution in [0.15, 0.2) is 0 Å². The fourth-order valence-corrected chi connectivity index (χ4v) is 0.642. The minimum atomic E-state index is -0.274. The van der Waals surface area contributed by atoms with Gasteiger partial charge in [-0.05, 0) is 13.0 Å². The van der Waals surface area contributed by atoms with E-state index in [-0.39, 0.29) is 12.5 Å². The predicted molar refractivity (Wildman–Crippen MR) is 42.9 cm³/mol. The van der Waals surface area contributed by atoms with Gasteiger partial charge in [-0.25, -0.2) is 4.79 Å². The summed E-state index contributed by atoms with van der Waals surface area (Å²) >= 11 is 0. The van der Waals surface area contributed by atoms with Crippen molar-refractivity contribution in [2.75, 3.05) is 20.1 Å². The van der Waals surface area contributed by atoms with Crippen molar-refractivity contribution in [2.45, 2.75) is 19.8 Å². The number of rotatable bonds is 6. The number of carbonyl (C=O) groups is 1. The summed E-state index contributed by atoms with van der Waals surface area (Å²) in [7, 11) is 1.56. The van der Waals surface area contributed by atoms with Crippen LogP contribution in [0.2, 0.25) is 0 Å². The lowest BCUT2D eigenvalue weighted by Gasteiger charge is -2.02. The third kappa shape index (κ3) is 7.29. The van der Waals surface area contributed by atoms with Crippen LogP contribution in [0, 0.1) is 0 Å². The largest absolute Gasteiger partial charge is 0.370 e. The number of hydrogen-bond donors (Lipinski definition) is 2. The third-order valence-corrected chi connectivity index (χ3v) is 1.19. The van der Waals surface area contributed by atoms with Gasteiger partial charge in [0.2, 0.25) is 0 Å². The Kier molecular flexibility index (Phi) is 7.08. The Morgan fingerprint density at radius 1 is 1.55 bits per heavy atom. The van der Waals surface area contributed by atoms with Crippen LogP contribution >= 0.6 is 0 Å². The van der Waals surface area contributed by atoms with Crippen molar-refractivity contribution in [1.29, 1.82) is 0 Å². The smallest absolute Gasteiger partial charge is 0.338 e. The van der Waals surface area contributed by atoms with Gasteiger partial charge in [0.05, 0.1) is 6.54 Å². The molecule has 0 amide bonds. The Morgan fingerprint density at radius 2 is 2.27 bits per heavy atom. The maximum atomic E-state index is 10.7. The van der Waals surface area contributed by atoms with E-state index in [0.717, 1.165) is 19.4 Å². The number of nitrogens with one attached hydrogen (secondary N) is 2. The van der Waals surface area contributed by atoms with Crippen molar-refractivity contribution in [1.82, 2.24) is 10.8 Å². The van der Waals surface area contributed by atoms with Crippen molar-refractivity contribution in [3.8, 4) is 0 Å². The van der Waals surface area contributed by atoms with E-state index < -0.39 is 0 Å². The zero-order chi connectivity index (χ0) is 8.53. The van der Waals surface area contributed by atoms with Crippen LogP contribution in [0.25, 0.3) is 0 Å². The molecule has 0 fully saturated rings. The lowest BCUT2D eigenvalue weighted by atomic mass is 10.3. The summed E-state index contributed by atoms with van der Waals surface area (Å²) in [5, 5.41) is 2.96. The molecule has 0 atom stereocenters. The van der Waals surface area contributed by atoms with Crippen LogP contribution in [0.1, 0.15) is 19.8 Å². The summed E-state index contributed by atoms with van der Waals surface area (Å²) in [5.74, 6) is -0.274. The first-order valence-corrected chi connectivity index (χ1v) is 3.88. The molecule has 0 aromatic rings. The maximum absolute atomic E-state index is 10.7. The quantitative estimate of drug-likeness (QED) is 0.426. The Hall–Kier alpha value is -0.610. The van der Waals surface area contributed by atoms with E-state index in [1.807, 2.05) is 0 Å². The minimum Gasteiger partial charge on any atom is -0.370 e. The summed E-state index contributed by atoms with van der Waals surface area (Å²) < 4.78 is 0. The first kappa shape index (κ1) is 10.4. The summed E-state index contributed by atoms with van der Waals surface area (Å²) in [5.41, 5.74) is 2.32. The van der Waals surface area contributed by atoms with E-state index in [4.69, 9.17) is 0 Å². The molecule has 0 aliphatic heterocycles. The van der Waals surface area contributed by atoms with Gasteiger partial charge < -0.3 is 10.2 Å². The third-order valence-electron chi connectivity index (χ3n) is 1.19. The van der Waals surface area contributed by atoms with Crippen molar-refractivity contribution >= 4 is 5.97 Å². The molecule has 0 saturated carbocycles. The number of carbonyl (C=O) groups excluding carboxylic acids is 1. The van der Waals surface area contributed by atoms with E-state index in [1.165, 1.54) is 0 Å². The van der Waals surface area contributed by atoms with Crippen molar-refractivity contribution < 1.29 is 9.63 Å². The van der Waals surface area contributed by atoms with E-state index in [2.05, 4.69) is 22.6 Å². The molecule has 2 N–H and O–H groups in total. The second-order valence-corrected chi connectivity index (χ2v) is 2.21. The summed E-state index contributed by atoms with van der Waals surface area (Å²) in [4.78, 5) is 15.1. The highest BCUT2D eigenvalue weighted by Crippen LogP contribution is 1.81. The molecular weight excluding hydrogens is 144 g/mol. The lowest BCUT2D eigenvalue weighted by Crippen LogP contribution is -2.28. The minimum absolute atomic E-state index is 0.274. The van der Waals surface area contributed by atoms with E-state index >= 15 is 0 Å². The van der Waals surface area contributed by atoms with Crippen LogP contribution in [0.4, 0.5) is 0 Å². The van der Waals surface area contributed by atoms with Gasteiger partial charge in [0, 0.05) is 7.05 Å². The van der Waals surface area contributed by atoms with Gasteiger partial charge in [0.1, 0.15) is 0 Å². The van der Waals surface area contributed by atoms with E-state index in [1.54, 1.807) is 7.05 Å². The number of hydroxylamine groups is 1. The molecule has 66 valence electrons. The van der Waals surface area contributed by atoms with Gasteiger partial charge >= 0.3 is 5.97 Å². The SMILES string of the molecule is CCCCNCC(=O)ONC. The molecule has 0 bridgehead atoms. The molecule has 0 aromatic heterocycles. The predicted octanol–water partition coefficient (Wildman–Crippen LogP) is 0.0537. The zero-order valence-corrected chi connectivity index (χ0v) is 7.14. The molecule has 11 heavy (non-hydrogen) atoms. The topological polar surface area (TPSA) is 50.4 Å². The molecule has 4 heteroatoms. The molecule has 0 aliphatic carbocycles. The standard InChI is InChI=1S/C7H16N2O2/c1-3-4-5-9-6-7(10)11-8-2/h8-9H,3-6H2,1-2H3. The molecule has 0 unspecified atom stereocenters. The highest BCUT2D eigenvalue weighted by atomic mass is 16.7. The van der Waals surface area contributed by atoms with Crippen molar-refractivity contribution in [3.63, 3.8) is 0 Å². The van der Waals surface area contributed by atoms with Gasteiger partial charge in [-0.3, -0.25) is 0 Å². The lowest BCUT2D eigenvalue weighted by molar-refractivity contribution is -0.148. The Labute approximate surface area is 67.3 Å². The number of unbranched alkanes of at least 4 members (excludes halogenated alkanes) is 1. The Bertz CT molecular complexity index is 107. The van der Waals surface area contributed by atoms with Gasteiger partial charge in [0.15, 0.2) is 0 Å². The van der Waals surface area contributed by atoms with Crippen LogP contribution in [0.3, 0.4) is 0 Å². The van der Waals surface area contributed by atoms with Gasteiger partial charge in [0.25, 0.3) is 0 Å². The van der Waals surface area contributed by atoms with Crippen molar-refractivity contribution in [2.24, 2.45) is 0 Å². The summed E-state index contributed by atoms with van der Waals surface area (Å²) in [6.45, 7) is 3.25. The summed E-state index contributed by atoms with van der Waals surface area (Å²) in [6.07, 6.45) is 2.22. The Balaban J connectivity index is 3.04. The maximum Gasteiger partial charge on any atom is 0.338 e. The van der Waals surface area contributed by atoms with Crippen LogP contribution in [0.5, 0.6) is 0 Å². The molecular formula is C7H16N2O2. The highest BCUT2D eigenvalue weighted by Gasteiger charge is 1.98. The van der Waals surface area contributed by atoms with Gasteiger partial charge in [-0.15, -0.1) is 0 Å². The molecule has 0 aliphatic rings. The van der Waals surface area contributed by atoms with Gasteiger partial charge in [-0.1, -0.05) is 13.3 Å². The first-order valence-electron chi connectivity index (χ1n) is 3.88. The average molecular weight is 160 g/mol. The first-order chi connectivity index (χ1) is 5.31. The molecule has 0 aromatic carbocycles. The fourth-order valence-electron chi connectivity index (χ4n) is 0.642. The second-order valence-electron chi connectivity index (χ2n) is 2.21. The molecule has 0 rings (SSSR count). The van der Waals surface area contributed by atoms with Crippen molar-refractivity contribution in [3.05, 3.63) is 0 Å². The highest BCUT2D eigenvalue weighted by molar-refractivity contribution is 5.71. The van der Waals surface area contributed by atoms with Gasteiger partial charge in [-0.2, -0.15) is 5.48 Å². The fraction of sp³-hybridized carbons (Fsp3) is 0.857. The van der Waals surface area contributed by atoms with Crippen LogP contribution < -0.4 is 10.8 Å². The molecule has 0 saturated heterocycles. The van der Waals surface area contributed by atoms with Crippen LogP contribution in [-0.4, -0.2) is 26.1 Å². The zero-order valence-electron chi connectivity index (χ0n) is 7.14. The number of hydrogen-bond acceptors (Lipinski definition) is 4. The average Bonchev–Trinajstić information content (AvgIpc) is 1.99. The summed E-state index contributed by atoms with van der Waals surface area (Å²) in [6, 6.07) is 0. The molecule has 4 nitrogen and oxygen atoms in total. The molecule has 0 heterocycles. The molecule has 0 radical (unpaired) electrons. The van der Waals surface area contributed by atoms with E-state index in [0.29, 0.717) is 0 Å². The normalized spacial score (nSPS) is 9.64. The second kappa shape index (κ2) is 7.50. The molecule has 0 spiro atoms. The Morgan fingerprint density at radius 3 is 2.82 bits per heavy atom. The monoisotopic (exact) mass is 160 g/mol.